The lowest BCUT2D eigenvalue weighted by Crippen LogP contribution is -2.30. The van der Waals surface area contributed by atoms with Crippen LogP contribution in [0.25, 0.3) is 16.6 Å². The van der Waals surface area contributed by atoms with E-state index in [9.17, 15) is 18.0 Å². The highest BCUT2D eigenvalue weighted by molar-refractivity contribution is 5.98. The second-order valence-electron chi connectivity index (χ2n) is 8.25. The van der Waals surface area contributed by atoms with Gasteiger partial charge in [0.15, 0.2) is 0 Å². The minimum Gasteiger partial charge on any atom is -0.434 e. The normalized spacial score (nSPS) is 19.1. The fourth-order valence-corrected chi connectivity index (χ4v) is 5.11. The van der Waals surface area contributed by atoms with E-state index >= 15 is 0 Å². The average molecular weight is 450 g/mol. The van der Waals surface area contributed by atoms with Crippen LogP contribution in [0.3, 0.4) is 0 Å². The molecule has 1 aliphatic carbocycles. The highest BCUT2D eigenvalue weighted by Gasteiger charge is 2.46. The van der Waals surface area contributed by atoms with Gasteiger partial charge < -0.3 is 9.64 Å². The van der Waals surface area contributed by atoms with Gasteiger partial charge in [0.25, 0.3) is 5.91 Å². The number of fused-ring (bicyclic) bond motifs is 9. The first kappa shape index (κ1) is 19.8. The number of benzene rings is 1. The molecule has 6 nitrogen and oxygen atoms in total. The molecule has 4 aromatic rings. The lowest BCUT2D eigenvalue weighted by atomic mass is 9.88. The number of nitrogens with zero attached hydrogens (tertiary/aromatic N) is 4. The van der Waals surface area contributed by atoms with Gasteiger partial charge in [-0.2, -0.15) is 13.9 Å². The molecule has 0 saturated carbocycles. The van der Waals surface area contributed by atoms with Crippen LogP contribution in [0.1, 0.15) is 45.6 Å². The maximum Gasteiger partial charge on any atom is 0.387 e. The minimum atomic E-state index is -3.01. The maximum absolute atomic E-state index is 13.7. The zero-order valence-corrected chi connectivity index (χ0v) is 17.4. The molecule has 2 aliphatic rings. The van der Waals surface area contributed by atoms with Crippen molar-refractivity contribution in [3.05, 3.63) is 83.2 Å². The molecule has 3 aromatic heterocycles. The van der Waals surface area contributed by atoms with Gasteiger partial charge in [0.2, 0.25) is 0 Å². The first-order chi connectivity index (χ1) is 15.9. The number of hydrogen-bond donors (Lipinski definition) is 0. The summed E-state index contributed by atoms with van der Waals surface area (Å²) in [4.78, 5) is 18.7. The number of carbonyl (C=O) groups excluding carboxylic acids is 1. The number of rotatable bonds is 3. The largest absolute Gasteiger partial charge is 0.434 e. The Kier molecular flexibility index (Phi) is 4.23. The third-order valence-electron chi connectivity index (χ3n) is 6.51. The highest BCUT2D eigenvalue weighted by atomic mass is 19.3. The summed E-state index contributed by atoms with van der Waals surface area (Å²) in [7, 11) is 1.70. The summed E-state index contributed by atoms with van der Waals surface area (Å²) in [6.45, 7) is -3.01. The lowest BCUT2D eigenvalue weighted by molar-refractivity contribution is -0.0505. The number of alkyl halides is 2. The monoisotopic (exact) mass is 450 g/mol. The molecule has 0 N–H and O–H groups in total. The quantitative estimate of drug-likeness (QED) is 0.450. The molecule has 0 spiro atoms. The van der Waals surface area contributed by atoms with Crippen LogP contribution in [0.2, 0.25) is 0 Å². The van der Waals surface area contributed by atoms with Crippen molar-refractivity contribution in [3.8, 4) is 16.9 Å². The Morgan fingerprint density at radius 2 is 1.97 bits per heavy atom. The summed E-state index contributed by atoms with van der Waals surface area (Å²) in [5.74, 6) is -1.07. The third-order valence-corrected chi connectivity index (χ3v) is 6.51. The number of ether oxygens (including phenoxy) is 1. The van der Waals surface area contributed by atoms with E-state index in [0.29, 0.717) is 23.1 Å². The Hall–Kier alpha value is -3.88. The minimum absolute atomic E-state index is 0.00687. The van der Waals surface area contributed by atoms with Gasteiger partial charge in [0, 0.05) is 47.6 Å². The van der Waals surface area contributed by atoms with Gasteiger partial charge in [-0.25, -0.2) is 8.91 Å². The van der Waals surface area contributed by atoms with Crippen molar-refractivity contribution in [2.45, 2.75) is 25.0 Å². The number of hydrogen-bond acceptors (Lipinski definition) is 4. The second kappa shape index (κ2) is 7.06. The topological polar surface area (TPSA) is 59.7 Å². The van der Waals surface area contributed by atoms with Gasteiger partial charge in [-0.3, -0.25) is 9.78 Å². The summed E-state index contributed by atoms with van der Waals surface area (Å²) < 4.78 is 46.7. The molecule has 1 aliphatic heterocycles. The predicted octanol–water partition coefficient (Wildman–Crippen LogP) is 4.80. The number of pyridine rings is 2. The molecule has 0 fully saturated rings. The van der Waals surface area contributed by atoms with Gasteiger partial charge in [-0.15, -0.1) is 0 Å². The Morgan fingerprint density at radius 1 is 1.12 bits per heavy atom. The van der Waals surface area contributed by atoms with Crippen LogP contribution in [0, 0.1) is 5.82 Å². The molecule has 1 amide bonds. The smallest absolute Gasteiger partial charge is 0.387 e. The molecule has 33 heavy (non-hydrogen) atoms. The van der Waals surface area contributed by atoms with Crippen molar-refractivity contribution >= 4 is 11.4 Å². The van der Waals surface area contributed by atoms with Gasteiger partial charge in [-0.05, 0) is 42.3 Å². The van der Waals surface area contributed by atoms with Gasteiger partial charge in [0.1, 0.15) is 11.6 Å². The Labute approximate surface area is 186 Å². The maximum atomic E-state index is 13.7. The highest BCUT2D eigenvalue weighted by Crippen LogP contribution is 2.53. The molecule has 0 radical (unpaired) electrons. The van der Waals surface area contributed by atoms with Crippen LogP contribution in [-0.4, -0.2) is 39.1 Å². The summed E-state index contributed by atoms with van der Waals surface area (Å²) in [6, 6.07) is 9.45. The van der Waals surface area contributed by atoms with Gasteiger partial charge >= 0.3 is 6.61 Å². The summed E-state index contributed by atoms with van der Waals surface area (Å²) in [5, 5.41) is 4.72. The standard InChI is InChI=1S/C24H17F3N4O2/c1-30-18-9-16(20-15(23(30)32)3-2-4-19(20)33-24(26)27)21-17-8-12(5-6-31(17)29-22(18)21)13-7-14(25)11-28-10-13/h2-8,10-11,16,18,24H,9H2,1H3. The van der Waals surface area contributed by atoms with Crippen LogP contribution >= 0.6 is 0 Å². The fourth-order valence-electron chi connectivity index (χ4n) is 5.11. The molecule has 1 aromatic carbocycles. The van der Waals surface area contributed by atoms with E-state index < -0.39 is 12.4 Å². The Morgan fingerprint density at radius 3 is 2.76 bits per heavy atom. The van der Waals surface area contributed by atoms with Crippen molar-refractivity contribution in [1.82, 2.24) is 19.5 Å². The second-order valence-corrected chi connectivity index (χ2v) is 8.25. The van der Waals surface area contributed by atoms with Crippen molar-refractivity contribution in [1.29, 1.82) is 0 Å². The molecule has 2 atom stereocenters. The zero-order chi connectivity index (χ0) is 22.9. The molecule has 2 bridgehead atoms. The number of carbonyl (C=O) groups is 1. The fraction of sp³-hybridized carbons (Fsp3) is 0.208. The van der Waals surface area contributed by atoms with Crippen LogP contribution in [-0.2, 0) is 0 Å². The van der Waals surface area contributed by atoms with Crippen molar-refractivity contribution in [2.24, 2.45) is 0 Å². The molecule has 4 heterocycles. The Balaban J connectivity index is 1.60. The summed E-state index contributed by atoms with van der Waals surface area (Å²) in [6.07, 6.45) is 4.99. The van der Waals surface area contributed by atoms with E-state index in [0.717, 1.165) is 28.5 Å². The first-order valence-corrected chi connectivity index (χ1v) is 10.4. The first-order valence-electron chi connectivity index (χ1n) is 10.4. The van der Waals surface area contributed by atoms with E-state index in [1.807, 2.05) is 12.1 Å². The summed E-state index contributed by atoms with van der Waals surface area (Å²) in [5.41, 5.74) is 4.50. The SMILES string of the molecule is CN1C(=O)c2cccc(OC(F)F)c2C2CC1c1nn3ccc(-c4cncc(F)c4)cc3c12. The molecule has 2 unspecified atom stereocenters. The zero-order valence-electron chi connectivity index (χ0n) is 17.4. The molecule has 166 valence electrons. The van der Waals surface area contributed by atoms with Crippen molar-refractivity contribution < 1.29 is 22.7 Å². The van der Waals surface area contributed by atoms with Gasteiger partial charge in [0.05, 0.1) is 23.4 Å². The van der Waals surface area contributed by atoms with E-state index in [1.165, 1.54) is 12.1 Å². The lowest BCUT2D eigenvalue weighted by Gasteiger charge is -2.23. The van der Waals surface area contributed by atoms with Crippen molar-refractivity contribution in [2.75, 3.05) is 7.05 Å². The van der Waals surface area contributed by atoms with E-state index in [-0.39, 0.29) is 23.6 Å². The molecular formula is C24H17F3N4O2. The number of halogens is 3. The van der Waals surface area contributed by atoms with E-state index in [2.05, 4.69) is 4.98 Å². The molecule has 9 heteroatoms. The molecule has 0 saturated heterocycles. The average Bonchev–Trinajstić information content (AvgIpc) is 3.31. The third kappa shape index (κ3) is 2.92. The molecule has 6 rings (SSSR count). The van der Waals surface area contributed by atoms with Crippen LogP contribution in [0.4, 0.5) is 13.2 Å². The van der Waals surface area contributed by atoms with Crippen LogP contribution < -0.4 is 4.74 Å². The van der Waals surface area contributed by atoms with E-state index in [1.54, 1.807) is 41.0 Å². The molecular weight excluding hydrogens is 433 g/mol. The predicted molar refractivity (Wildman–Crippen MR) is 113 cm³/mol. The summed E-state index contributed by atoms with van der Waals surface area (Å²) >= 11 is 0. The van der Waals surface area contributed by atoms with Crippen LogP contribution in [0.5, 0.6) is 5.75 Å². The number of amides is 1. The Bertz CT molecular complexity index is 1430. The van der Waals surface area contributed by atoms with Crippen molar-refractivity contribution in [3.63, 3.8) is 0 Å². The number of aromatic nitrogens is 3. The van der Waals surface area contributed by atoms with Gasteiger partial charge in [-0.1, -0.05) is 6.07 Å². The van der Waals surface area contributed by atoms with Crippen LogP contribution in [0.15, 0.2) is 55.0 Å². The van der Waals surface area contributed by atoms with E-state index in [4.69, 9.17) is 9.84 Å².